The van der Waals surface area contributed by atoms with Gasteiger partial charge in [0.05, 0.1) is 18.5 Å². The van der Waals surface area contributed by atoms with Crippen LogP contribution in [0.2, 0.25) is 0 Å². The zero-order chi connectivity index (χ0) is 15.8. The maximum absolute atomic E-state index is 13.2. The maximum Gasteiger partial charge on any atom is 0.361 e. The van der Waals surface area contributed by atoms with E-state index < -0.39 is 7.60 Å². The molecule has 4 heteroatoms. The lowest BCUT2D eigenvalue weighted by Crippen LogP contribution is -1.99. The molecule has 0 aliphatic carbocycles. The van der Waals surface area contributed by atoms with Crippen LogP contribution in [0.15, 0.2) is 60.7 Å². The van der Waals surface area contributed by atoms with Crippen LogP contribution in [0.25, 0.3) is 11.4 Å². The smallest absolute Gasteiger partial charge is 0.305 e. The van der Waals surface area contributed by atoms with E-state index in [4.69, 9.17) is 9.05 Å². The average molecular weight is 316 g/mol. The highest BCUT2D eigenvalue weighted by atomic mass is 31.2. The van der Waals surface area contributed by atoms with Crippen molar-refractivity contribution in [2.45, 2.75) is 13.8 Å². The van der Waals surface area contributed by atoms with Crippen molar-refractivity contribution in [2.24, 2.45) is 0 Å². The van der Waals surface area contributed by atoms with E-state index in [-0.39, 0.29) is 0 Å². The standard InChI is InChI=1S/C18H21O3P/c1-3-20-22(19,21-4-2)18(17-13-9-6-10-14-17)15-16-11-7-5-8-12-16/h5-15H,3-4H2,1-2H3/b18-15-. The molecule has 0 bridgehead atoms. The minimum absolute atomic E-state index is 0.330. The zero-order valence-corrected chi connectivity index (χ0v) is 13.8. The third kappa shape index (κ3) is 4.17. The second-order valence-corrected chi connectivity index (χ2v) is 6.63. The number of hydrogen-bond donors (Lipinski definition) is 0. The van der Waals surface area contributed by atoms with E-state index >= 15 is 0 Å². The molecule has 0 N–H and O–H groups in total. The molecule has 0 radical (unpaired) electrons. The fourth-order valence-electron chi connectivity index (χ4n) is 2.15. The summed E-state index contributed by atoms with van der Waals surface area (Å²) >= 11 is 0. The van der Waals surface area contributed by atoms with Crippen LogP contribution in [0.5, 0.6) is 0 Å². The Labute approximate surface area is 132 Å². The first kappa shape index (κ1) is 16.7. The van der Waals surface area contributed by atoms with Crippen LogP contribution >= 0.6 is 7.60 Å². The molecule has 0 aliphatic heterocycles. The topological polar surface area (TPSA) is 35.5 Å². The lowest BCUT2D eigenvalue weighted by atomic mass is 10.1. The van der Waals surface area contributed by atoms with Gasteiger partial charge < -0.3 is 9.05 Å². The van der Waals surface area contributed by atoms with E-state index in [0.717, 1.165) is 11.1 Å². The Morgan fingerprint density at radius 3 is 1.91 bits per heavy atom. The fraction of sp³-hybridized carbons (Fsp3) is 0.222. The van der Waals surface area contributed by atoms with Gasteiger partial charge in [0, 0.05) is 0 Å². The molecular formula is C18H21O3P. The van der Waals surface area contributed by atoms with Crippen LogP contribution < -0.4 is 0 Å². The van der Waals surface area contributed by atoms with Gasteiger partial charge in [-0.15, -0.1) is 0 Å². The molecule has 0 fully saturated rings. The van der Waals surface area contributed by atoms with E-state index in [1.54, 1.807) is 0 Å². The van der Waals surface area contributed by atoms with Gasteiger partial charge in [0.1, 0.15) is 0 Å². The number of rotatable bonds is 7. The Balaban J connectivity index is 2.55. The van der Waals surface area contributed by atoms with Crippen LogP contribution in [-0.4, -0.2) is 13.2 Å². The summed E-state index contributed by atoms with van der Waals surface area (Å²) in [5.74, 6) is 0. The van der Waals surface area contributed by atoms with Crippen LogP contribution in [0.1, 0.15) is 25.0 Å². The third-order valence-electron chi connectivity index (χ3n) is 3.07. The number of benzene rings is 2. The Morgan fingerprint density at radius 2 is 1.41 bits per heavy atom. The first-order valence-corrected chi connectivity index (χ1v) is 8.95. The molecule has 3 nitrogen and oxygen atoms in total. The largest absolute Gasteiger partial charge is 0.361 e. The van der Waals surface area contributed by atoms with Crippen molar-refractivity contribution in [2.75, 3.05) is 13.2 Å². The van der Waals surface area contributed by atoms with Crippen molar-refractivity contribution in [1.82, 2.24) is 0 Å². The van der Waals surface area contributed by atoms with E-state index in [1.807, 2.05) is 80.6 Å². The predicted octanol–water partition coefficient (Wildman–Crippen LogP) is 5.45. The van der Waals surface area contributed by atoms with Crippen LogP contribution in [0.4, 0.5) is 0 Å². The molecule has 116 valence electrons. The normalized spacial score (nSPS) is 12.4. The van der Waals surface area contributed by atoms with Crippen molar-refractivity contribution < 1.29 is 13.6 Å². The quantitative estimate of drug-likeness (QED) is 0.503. The molecule has 0 heterocycles. The third-order valence-corrected chi connectivity index (χ3v) is 5.24. The van der Waals surface area contributed by atoms with Gasteiger partial charge in [-0.3, -0.25) is 4.57 Å². The summed E-state index contributed by atoms with van der Waals surface area (Å²) < 4.78 is 24.3. The van der Waals surface area contributed by atoms with E-state index in [2.05, 4.69) is 0 Å². The van der Waals surface area contributed by atoms with Gasteiger partial charge in [0.25, 0.3) is 0 Å². The highest BCUT2D eigenvalue weighted by Crippen LogP contribution is 2.61. The zero-order valence-electron chi connectivity index (χ0n) is 12.9. The summed E-state index contributed by atoms with van der Waals surface area (Å²) in [6.45, 7) is 4.29. The second-order valence-electron chi connectivity index (χ2n) is 4.64. The van der Waals surface area contributed by atoms with Gasteiger partial charge in [-0.2, -0.15) is 0 Å². The Morgan fingerprint density at radius 1 is 0.909 bits per heavy atom. The van der Waals surface area contributed by atoms with Crippen molar-refractivity contribution in [3.63, 3.8) is 0 Å². The minimum Gasteiger partial charge on any atom is -0.305 e. The lowest BCUT2D eigenvalue weighted by Gasteiger charge is -2.20. The Hall–Kier alpha value is -1.67. The van der Waals surface area contributed by atoms with Gasteiger partial charge in [-0.25, -0.2) is 0 Å². The molecule has 2 aromatic carbocycles. The first-order chi connectivity index (χ1) is 10.7. The lowest BCUT2D eigenvalue weighted by molar-refractivity contribution is 0.231. The van der Waals surface area contributed by atoms with Crippen LogP contribution in [-0.2, 0) is 13.6 Å². The molecule has 0 spiro atoms. The number of hydrogen-bond acceptors (Lipinski definition) is 3. The van der Waals surface area contributed by atoms with Gasteiger partial charge in [-0.05, 0) is 31.1 Å². The van der Waals surface area contributed by atoms with Gasteiger partial charge in [0.15, 0.2) is 0 Å². The van der Waals surface area contributed by atoms with E-state index in [9.17, 15) is 4.57 Å². The molecule has 2 rings (SSSR count). The summed E-state index contributed by atoms with van der Waals surface area (Å²) in [6, 6.07) is 19.4. The molecule has 0 saturated carbocycles. The van der Waals surface area contributed by atoms with Gasteiger partial charge in [-0.1, -0.05) is 60.7 Å². The molecule has 2 aromatic rings. The molecule has 0 atom stereocenters. The van der Waals surface area contributed by atoms with Crippen molar-refractivity contribution in [3.8, 4) is 0 Å². The van der Waals surface area contributed by atoms with Crippen molar-refractivity contribution in [1.29, 1.82) is 0 Å². The van der Waals surface area contributed by atoms with Crippen LogP contribution in [0.3, 0.4) is 0 Å². The summed E-state index contributed by atoms with van der Waals surface area (Å²) in [4.78, 5) is 0. The van der Waals surface area contributed by atoms with Gasteiger partial charge >= 0.3 is 7.60 Å². The highest BCUT2D eigenvalue weighted by Gasteiger charge is 2.30. The molecular weight excluding hydrogens is 295 g/mol. The summed E-state index contributed by atoms with van der Waals surface area (Å²) in [5, 5.41) is 0.586. The SMILES string of the molecule is CCOP(=O)(OCC)/C(=C\c1ccccc1)c1ccccc1. The molecule has 0 unspecified atom stereocenters. The Kier molecular flexibility index (Phi) is 6.14. The maximum atomic E-state index is 13.2. The summed E-state index contributed by atoms with van der Waals surface area (Å²) in [5.41, 5.74) is 1.80. The molecule has 0 saturated heterocycles. The van der Waals surface area contributed by atoms with Crippen molar-refractivity contribution >= 4 is 19.0 Å². The highest BCUT2D eigenvalue weighted by molar-refractivity contribution is 7.65. The Bertz CT molecular complexity index is 641. The first-order valence-electron chi connectivity index (χ1n) is 7.41. The molecule has 0 aliphatic rings. The fourth-order valence-corrected chi connectivity index (χ4v) is 3.96. The molecule has 0 amide bonds. The van der Waals surface area contributed by atoms with Crippen molar-refractivity contribution in [3.05, 3.63) is 71.8 Å². The average Bonchev–Trinajstić information content (AvgIpc) is 2.55. The summed E-state index contributed by atoms with van der Waals surface area (Å²) in [6.07, 6.45) is 1.88. The van der Waals surface area contributed by atoms with Crippen LogP contribution in [0, 0.1) is 0 Å². The molecule has 0 aromatic heterocycles. The second kappa shape index (κ2) is 8.09. The monoisotopic (exact) mass is 316 g/mol. The minimum atomic E-state index is -3.36. The van der Waals surface area contributed by atoms with Gasteiger partial charge in [0.2, 0.25) is 0 Å². The van der Waals surface area contributed by atoms with E-state index in [1.165, 1.54) is 0 Å². The summed E-state index contributed by atoms with van der Waals surface area (Å²) in [7, 11) is -3.36. The van der Waals surface area contributed by atoms with E-state index in [0.29, 0.717) is 18.5 Å². The predicted molar refractivity (Wildman–Crippen MR) is 91.6 cm³/mol. The molecule has 22 heavy (non-hydrogen) atoms.